The number of rotatable bonds is 6. The molecule has 2 fully saturated rings. The number of hydrogen-bond acceptors (Lipinski definition) is 4. The molecule has 7 heteroatoms. The van der Waals surface area contributed by atoms with E-state index in [4.69, 9.17) is 0 Å². The van der Waals surface area contributed by atoms with Crippen LogP contribution in [0.25, 0.3) is 0 Å². The molecule has 1 saturated carbocycles. The van der Waals surface area contributed by atoms with Crippen molar-refractivity contribution < 1.29 is 9.59 Å². The second kappa shape index (κ2) is 10.1. The number of likely N-dealkylation sites (tertiary alicyclic amines) is 1. The van der Waals surface area contributed by atoms with E-state index in [1.54, 1.807) is 35.6 Å². The molecule has 2 aliphatic rings. The van der Waals surface area contributed by atoms with Crippen LogP contribution in [0.1, 0.15) is 53.8 Å². The maximum Gasteiger partial charge on any atom is 0.319 e. The van der Waals surface area contributed by atoms with E-state index >= 15 is 0 Å². The number of benzene rings is 1. The molecule has 1 aromatic carbocycles. The number of thiophene rings is 1. The molecule has 3 N–H and O–H groups in total. The van der Waals surface area contributed by atoms with Crippen LogP contribution in [-0.4, -0.2) is 42.0 Å². The van der Waals surface area contributed by atoms with Crippen molar-refractivity contribution in [2.24, 2.45) is 0 Å². The molecule has 1 aromatic heterocycles. The molecule has 0 spiro atoms. The fourth-order valence-corrected chi connectivity index (χ4v) is 5.10. The fraction of sp³-hybridized carbons (Fsp3) is 0.478. The third kappa shape index (κ3) is 5.61. The van der Waals surface area contributed by atoms with Crippen molar-refractivity contribution >= 4 is 29.0 Å². The Hall–Kier alpha value is -2.38. The Kier molecular flexibility index (Phi) is 7.02. The summed E-state index contributed by atoms with van der Waals surface area (Å²) >= 11 is 1.61. The van der Waals surface area contributed by atoms with Crippen LogP contribution in [0.4, 0.5) is 10.5 Å². The highest BCUT2D eigenvalue weighted by molar-refractivity contribution is 7.09. The van der Waals surface area contributed by atoms with Gasteiger partial charge in [0.25, 0.3) is 5.91 Å². The Morgan fingerprint density at radius 1 is 1.07 bits per heavy atom. The van der Waals surface area contributed by atoms with Crippen molar-refractivity contribution in [3.8, 4) is 0 Å². The van der Waals surface area contributed by atoms with Crippen LogP contribution in [0, 0.1) is 0 Å². The summed E-state index contributed by atoms with van der Waals surface area (Å²) in [6.45, 7) is 2.51. The molecule has 3 amide bonds. The minimum atomic E-state index is -0.207. The van der Waals surface area contributed by atoms with Crippen molar-refractivity contribution in [1.82, 2.24) is 15.5 Å². The number of hydrogen-bond donors (Lipinski definition) is 3. The number of carbonyl (C=O) groups excluding carboxylic acids is 2. The number of nitrogens with zero attached hydrogens (tertiary/aromatic N) is 1. The largest absolute Gasteiger partial charge is 0.347 e. The summed E-state index contributed by atoms with van der Waals surface area (Å²) in [5, 5.41) is 10.9. The highest BCUT2D eigenvalue weighted by atomic mass is 32.1. The molecular weight excluding hydrogens is 396 g/mol. The van der Waals surface area contributed by atoms with Gasteiger partial charge >= 0.3 is 6.03 Å². The highest BCUT2D eigenvalue weighted by Crippen LogP contribution is 2.25. The number of nitrogens with one attached hydrogen (secondary N) is 3. The van der Waals surface area contributed by atoms with Crippen LogP contribution in [0.15, 0.2) is 41.8 Å². The maximum atomic E-state index is 12.5. The molecule has 2 aromatic rings. The zero-order valence-corrected chi connectivity index (χ0v) is 18.0. The van der Waals surface area contributed by atoms with Gasteiger partial charge in [0, 0.05) is 41.3 Å². The summed E-state index contributed by atoms with van der Waals surface area (Å²) in [6.07, 6.45) is 7.60. The molecule has 0 bridgehead atoms. The lowest BCUT2D eigenvalue weighted by atomic mass is 9.94. The number of carbonyl (C=O) groups is 2. The van der Waals surface area contributed by atoms with Crippen LogP contribution in [0.2, 0.25) is 0 Å². The lowest BCUT2D eigenvalue weighted by Gasteiger charge is -2.31. The van der Waals surface area contributed by atoms with Crippen molar-refractivity contribution in [2.45, 2.75) is 57.2 Å². The molecule has 1 unspecified atom stereocenters. The second-order valence-corrected chi connectivity index (χ2v) is 9.25. The van der Waals surface area contributed by atoms with Gasteiger partial charge in [0.2, 0.25) is 0 Å². The van der Waals surface area contributed by atoms with E-state index in [1.165, 1.54) is 32.1 Å². The first-order valence-electron chi connectivity index (χ1n) is 10.9. The van der Waals surface area contributed by atoms with E-state index in [9.17, 15) is 9.59 Å². The third-order valence-electron chi connectivity index (χ3n) is 6.03. The smallest absolute Gasteiger partial charge is 0.319 e. The summed E-state index contributed by atoms with van der Waals surface area (Å²) in [5.74, 6) is -0.147. The Labute approximate surface area is 182 Å². The van der Waals surface area contributed by atoms with E-state index in [1.807, 2.05) is 17.5 Å². The maximum absolute atomic E-state index is 12.5. The summed E-state index contributed by atoms with van der Waals surface area (Å²) in [4.78, 5) is 28.5. The van der Waals surface area contributed by atoms with Crippen molar-refractivity contribution in [2.75, 3.05) is 18.4 Å². The summed E-state index contributed by atoms with van der Waals surface area (Å²) in [6, 6.07) is 11.7. The lowest BCUT2D eigenvalue weighted by Crippen LogP contribution is -2.42. The molecule has 4 rings (SSSR count). The van der Waals surface area contributed by atoms with E-state index in [2.05, 4.69) is 20.9 Å². The Morgan fingerprint density at radius 2 is 1.93 bits per heavy atom. The van der Waals surface area contributed by atoms with Gasteiger partial charge in [-0.05, 0) is 48.9 Å². The highest BCUT2D eigenvalue weighted by Gasteiger charge is 2.29. The summed E-state index contributed by atoms with van der Waals surface area (Å²) in [5.41, 5.74) is 1.16. The van der Waals surface area contributed by atoms with Gasteiger partial charge in [-0.2, -0.15) is 0 Å². The van der Waals surface area contributed by atoms with E-state index in [-0.39, 0.29) is 18.0 Å². The quantitative estimate of drug-likeness (QED) is 0.648. The number of urea groups is 1. The SMILES string of the molecule is O=C(Nc1cccc(C(=O)NCc2cccs2)c1)NC1CCN(C2CCCCC2)C1. The molecule has 30 heavy (non-hydrogen) atoms. The van der Waals surface area contributed by atoms with Crippen LogP contribution in [0.5, 0.6) is 0 Å². The van der Waals surface area contributed by atoms with Gasteiger partial charge in [-0.15, -0.1) is 11.3 Å². The van der Waals surface area contributed by atoms with Gasteiger partial charge in [-0.1, -0.05) is 31.4 Å². The molecule has 0 radical (unpaired) electrons. The topological polar surface area (TPSA) is 73.5 Å². The van der Waals surface area contributed by atoms with E-state index in [0.717, 1.165) is 24.4 Å². The summed E-state index contributed by atoms with van der Waals surface area (Å²) in [7, 11) is 0. The van der Waals surface area contributed by atoms with Crippen LogP contribution in [0.3, 0.4) is 0 Å². The first-order chi connectivity index (χ1) is 14.7. The van der Waals surface area contributed by atoms with Crippen molar-refractivity contribution in [3.63, 3.8) is 0 Å². The predicted molar refractivity (Wildman–Crippen MR) is 121 cm³/mol. The van der Waals surface area contributed by atoms with Crippen LogP contribution in [-0.2, 0) is 6.54 Å². The van der Waals surface area contributed by atoms with Gasteiger partial charge in [0.1, 0.15) is 0 Å². The molecule has 1 saturated heterocycles. The molecule has 160 valence electrons. The van der Waals surface area contributed by atoms with Gasteiger partial charge < -0.3 is 16.0 Å². The first-order valence-corrected chi connectivity index (χ1v) is 11.8. The minimum absolute atomic E-state index is 0.147. The number of amides is 3. The van der Waals surface area contributed by atoms with E-state index in [0.29, 0.717) is 23.8 Å². The van der Waals surface area contributed by atoms with Crippen LogP contribution < -0.4 is 16.0 Å². The van der Waals surface area contributed by atoms with Gasteiger partial charge in [0.05, 0.1) is 6.54 Å². The zero-order chi connectivity index (χ0) is 20.8. The van der Waals surface area contributed by atoms with Crippen molar-refractivity contribution in [3.05, 3.63) is 52.2 Å². The molecule has 1 atom stereocenters. The molecule has 2 heterocycles. The molecular formula is C23H30N4O2S. The zero-order valence-electron chi connectivity index (χ0n) is 17.2. The molecule has 1 aliphatic carbocycles. The monoisotopic (exact) mass is 426 g/mol. The first kappa shape index (κ1) is 20.9. The standard InChI is InChI=1S/C23H30N4O2S/c28-22(24-15-21-10-5-13-30-21)17-6-4-7-18(14-17)25-23(29)26-19-11-12-27(16-19)20-8-2-1-3-9-20/h4-7,10,13-14,19-20H,1-3,8-9,11-12,15-16H2,(H,24,28)(H2,25,26,29). The summed E-state index contributed by atoms with van der Waals surface area (Å²) < 4.78 is 0. The Balaban J connectivity index is 1.25. The fourth-order valence-electron chi connectivity index (χ4n) is 4.46. The van der Waals surface area contributed by atoms with Gasteiger partial charge in [-0.3, -0.25) is 9.69 Å². The van der Waals surface area contributed by atoms with Gasteiger partial charge in [-0.25, -0.2) is 4.79 Å². The normalized spacial score (nSPS) is 20.1. The van der Waals surface area contributed by atoms with Crippen molar-refractivity contribution in [1.29, 1.82) is 0 Å². The van der Waals surface area contributed by atoms with E-state index < -0.39 is 0 Å². The number of anilines is 1. The molecule has 1 aliphatic heterocycles. The van der Waals surface area contributed by atoms with Gasteiger partial charge in [0.15, 0.2) is 0 Å². The predicted octanol–water partition coefficient (Wildman–Crippen LogP) is 4.21. The average Bonchev–Trinajstić information content (AvgIpc) is 3.45. The average molecular weight is 427 g/mol. The lowest BCUT2D eigenvalue weighted by molar-refractivity contribution is 0.0951. The van der Waals surface area contributed by atoms with Crippen LogP contribution >= 0.6 is 11.3 Å². The third-order valence-corrected chi connectivity index (χ3v) is 6.91. The molecule has 6 nitrogen and oxygen atoms in total. The minimum Gasteiger partial charge on any atom is -0.347 e. The second-order valence-electron chi connectivity index (χ2n) is 8.21. The Morgan fingerprint density at radius 3 is 2.73 bits per heavy atom. The Bertz CT molecular complexity index is 849.